The Hall–Kier alpha value is -2.69. The van der Waals surface area contributed by atoms with Crippen LogP contribution in [-0.2, 0) is 21.6 Å². The maximum Gasteiger partial charge on any atom is 0.329 e. The second-order valence-electron chi connectivity index (χ2n) is 8.59. The Labute approximate surface area is 166 Å². The first-order valence-corrected chi connectivity index (χ1v) is 9.74. The van der Waals surface area contributed by atoms with Gasteiger partial charge < -0.3 is 9.64 Å². The van der Waals surface area contributed by atoms with Crippen LogP contribution in [0.25, 0.3) is 0 Å². The highest BCUT2D eigenvalue weighted by molar-refractivity contribution is 5.97. The summed E-state index contributed by atoms with van der Waals surface area (Å²) in [5, 5.41) is 0. The third-order valence-corrected chi connectivity index (χ3v) is 5.04. The van der Waals surface area contributed by atoms with Crippen LogP contribution in [0.3, 0.4) is 0 Å². The number of likely N-dealkylation sites (tertiary alicyclic amines) is 1. The molecule has 5 nitrogen and oxygen atoms in total. The molecule has 0 aliphatic carbocycles. The molecule has 1 aliphatic rings. The van der Waals surface area contributed by atoms with Gasteiger partial charge in [0.2, 0.25) is 0 Å². The van der Waals surface area contributed by atoms with Crippen LogP contribution in [0.15, 0.2) is 48.7 Å². The maximum absolute atomic E-state index is 13.2. The van der Waals surface area contributed by atoms with Gasteiger partial charge >= 0.3 is 5.97 Å². The molecule has 0 radical (unpaired) electrons. The number of esters is 1. The standard InChI is InChI=1S/C23H28N2O3/c1-16-12-19(22(27)28-15-17-8-6-5-7-9-17)25(14-16)21(26)18-10-11-24-20(13-18)23(2,3)4/h5-11,13,16,19H,12,14-15H2,1-4H3/t16-,19-/m1/s1. The Balaban J connectivity index is 1.74. The van der Waals surface area contributed by atoms with Crippen LogP contribution >= 0.6 is 0 Å². The van der Waals surface area contributed by atoms with Crippen LogP contribution in [0.4, 0.5) is 0 Å². The zero-order valence-electron chi connectivity index (χ0n) is 17.0. The van der Waals surface area contributed by atoms with Gasteiger partial charge in [-0.3, -0.25) is 9.78 Å². The number of nitrogens with zero attached hydrogens (tertiary/aromatic N) is 2. The summed E-state index contributed by atoms with van der Waals surface area (Å²) in [6, 6.07) is 12.6. The van der Waals surface area contributed by atoms with E-state index in [1.54, 1.807) is 17.2 Å². The molecule has 1 aromatic heterocycles. The Morgan fingerprint density at radius 1 is 1.18 bits per heavy atom. The minimum absolute atomic E-state index is 0.140. The van der Waals surface area contributed by atoms with Gasteiger partial charge in [-0.2, -0.15) is 0 Å². The molecule has 2 atom stereocenters. The second-order valence-corrected chi connectivity index (χ2v) is 8.59. The van der Waals surface area contributed by atoms with E-state index in [2.05, 4.69) is 32.7 Å². The molecular formula is C23H28N2O3. The molecule has 0 spiro atoms. The third-order valence-electron chi connectivity index (χ3n) is 5.04. The summed E-state index contributed by atoms with van der Waals surface area (Å²) in [5.74, 6) is -0.229. The Morgan fingerprint density at radius 3 is 2.57 bits per heavy atom. The molecule has 1 fully saturated rings. The average Bonchev–Trinajstić information content (AvgIpc) is 3.07. The number of rotatable bonds is 4. The molecule has 28 heavy (non-hydrogen) atoms. The van der Waals surface area contributed by atoms with E-state index in [0.717, 1.165) is 11.3 Å². The predicted molar refractivity (Wildman–Crippen MR) is 108 cm³/mol. The van der Waals surface area contributed by atoms with Crippen molar-refractivity contribution in [3.05, 3.63) is 65.5 Å². The summed E-state index contributed by atoms with van der Waals surface area (Å²) < 4.78 is 5.51. The summed E-state index contributed by atoms with van der Waals surface area (Å²) in [7, 11) is 0. The summed E-state index contributed by atoms with van der Waals surface area (Å²) in [4.78, 5) is 31.9. The van der Waals surface area contributed by atoms with Gasteiger partial charge in [0.05, 0.1) is 0 Å². The third kappa shape index (κ3) is 4.58. The monoisotopic (exact) mass is 380 g/mol. The summed E-state index contributed by atoms with van der Waals surface area (Å²) >= 11 is 0. The minimum Gasteiger partial charge on any atom is -0.459 e. The van der Waals surface area contributed by atoms with Gasteiger partial charge in [-0.05, 0) is 30.0 Å². The molecular weight excluding hydrogens is 352 g/mol. The zero-order chi connectivity index (χ0) is 20.3. The molecule has 0 bridgehead atoms. The largest absolute Gasteiger partial charge is 0.459 e. The van der Waals surface area contributed by atoms with E-state index in [4.69, 9.17) is 4.74 Å². The number of benzene rings is 1. The average molecular weight is 380 g/mol. The molecule has 2 heterocycles. The lowest BCUT2D eigenvalue weighted by Crippen LogP contribution is -2.41. The number of ether oxygens (including phenoxy) is 1. The molecule has 1 amide bonds. The smallest absolute Gasteiger partial charge is 0.329 e. The highest BCUT2D eigenvalue weighted by atomic mass is 16.5. The molecule has 3 rings (SSSR count). The van der Waals surface area contributed by atoms with Gasteiger partial charge in [0.15, 0.2) is 0 Å². The van der Waals surface area contributed by atoms with Gasteiger partial charge in [-0.15, -0.1) is 0 Å². The number of carbonyl (C=O) groups excluding carboxylic acids is 2. The van der Waals surface area contributed by atoms with E-state index in [1.807, 2.05) is 36.4 Å². The van der Waals surface area contributed by atoms with Crippen LogP contribution in [0.1, 0.15) is 55.7 Å². The number of aromatic nitrogens is 1. The van der Waals surface area contributed by atoms with E-state index < -0.39 is 6.04 Å². The van der Waals surface area contributed by atoms with E-state index in [-0.39, 0.29) is 29.8 Å². The van der Waals surface area contributed by atoms with Gasteiger partial charge in [0.25, 0.3) is 5.91 Å². The second kappa shape index (κ2) is 8.13. The van der Waals surface area contributed by atoms with E-state index in [1.165, 1.54) is 0 Å². The normalized spacial score (nSPS) is 19.5. The quantitative estimate of drug-likeness (QED) is 0.753. The lowest BCUT2D eigenvalue weighted by Gasteiger charge is -2.24. The number of hydrogen-bond donors (Lipinski definition) is 0. The number of amides is 1. The first kappa shape index (κ1) is 20.1. The van der Waals surface area contributed by atoms with Gasteiger partial charge in [0.1, 0.15) is 12.6 Å². The fourth-order valence-corrected chi connectivity index (χ4v) is 3.46. The van der Waals surface area contributed by atoms with Crippen LogP contribution in [0.5, 0.6) is 0 Å². The lowest BCUT2D eigenvalue weighted by atomic mass is 9.91. The SMILES string of the molecule is C[C@@H]1C[C@H](C(=O)OCc2ccccc2)N(C(=O)c2ccnc(C(C)(C)C)c2)C1. The van der Waals surface area contributed by atoms with Crippen molar-refractivity contribution >= 4 is 11.9 Å². The Bertz CT molecular complexity index is 842. The minimum atomic E-state index is -0.544. The first-order valence-electron chi connectivity index (χ1n) is 9.74. The van der Waals surface area contributed by atoms with E-state index >= 15 is 0 Å². The van der Waals surface area contributed by atoms with Crippen LogP contribution in [0.2, 0.25) is 0 Å². The van der Waals surface area contributed by atoms with Crippen molar-refractivity contribution in [3.63, 3.8) is 0 Å². The first-order chi connectivity index (χ1) is 13.3. The maximum atomic E-state index is 13.2. The lowest BCUT2D eigenvalue weighted by molar-refractivity contribution is -0.149. The molecule has 1 aliphatic heterocycles. The molecule has 148 valence electrons. The van der Waals surface area contributed by atoms with Crippen LogP contribution < -0.4 is 0 Å². The molecule has 5 heteroatoms. The van der Waals surface area contributed by atoms with Crippen LogP contribution in [-0.4, -0.2) is 34.3 Å². The van der Waals surface area contributed by atoms with Crippen molar-refractivity contribution in [1.82, 2.24) is 9.88 Å². The van der Waals surface area contributed by atoms with E-state index in [0.29, 0.717) is 18.5 Å². The molecule has 0 N–H and O–H groups in total. The van der Waals surface area contributed by atoms with Crippen molar-refractivity contribution < 1.29 is 14.3 Å². The highest BCUT2D eigenvalue weighted by Crippen LogP contribution is 2.27. The summed E-state index contributed by atoms with van der Waals surface area (Å²) in [5.41, 5.74) is 2.20. The Kier molecular flexibility index (Phi) is 5.82. The molecule has 0 saturated carbocycles. The van der Waals surface area contributed by atoms with Gasteiger partial charge in [-0.1, -0.05) is 58.0 Å². The van der Waals surface area contributed by atoms with Crippen molar-refractivity contribution in [2.45, 2.75) is 52.2 Å². The number of carbonyl (C=O) groups is 2. The van der Waals surface area contributed by atoms with Crippen molar-refractivity contribution in [3.8, 4) is 0 Å². The molecule has 2 aromatic rings. The highest BCUT2D eigenvalue weighted by Gasteiger charge is 2.39. The number of pyridine rings is 1. The van der Waals surface area contributed by atoms with Crippen LogP contribution in [0, 0.1) is 5.92 Å². The van der Waals surface area contributed by atoms with Crippen molar-refractivity contribution in [2.75, 3.05) is 6.54 Å². The number of hydrogen-bond acceptors (Lipinski definition) is 4. The zero-order valence-corrected chi connectivity index (χ0v) is 17.0. The molecule has 1 saturated heterocycles. The fraction of sp³-hybridized carbons (Fsp3) is 0.435. The van der Waals surface area contributed by atoms with Gasteiger partial charge in [-0.25, -0.2) is 4.79 Å². The van der Waals surface area contributed by atoms with Crippen molar-refractivity contribution in [2.24, 2.45) is 5.92 Å². The van der Waals surface area contributed by atoms with Crippen molar-refractivity contribution in [1.29, 1.82) is 0 Å². The van der Waals surface area contributed by atoms with E-state index in [9.17, 15) is 9.59 Å². The predicted octanol–water partition coefficient (Wildman–Crippen LogP) is 3.97. The Morgan fingerprint density at radius 2 is 1.89 bits per heavy atom. The molecule has 0 unspecified atom stereocenters. The molecule has 1 aromatic carbocycles. The topological polar surface area (TPSA) is 59.5 Å². The fourth-order valence-electron chi connectivity index (χ4n) is 3.46. The summed E-state index contributed by atoms with van der Waals surface area (Å²) in [6.45, 7) is 9.01. The summed E-state index contributed by atoms with van der Waals surface area (Å²) in [6.07, 6.45) is 2.28. The van der Waals surface area contributed by atoms with Gasteiger partial charge in [0, 0.05) is 29.4 Å².